The number of benzene rings is 1. The summed E-state index contributed by atoms with van der Waals surface area (Å²) in [4.78, 5) is 21.6. The number of nitrogens with one attached hydrogen (secondary N) is 2. The number of aliphatic imine (C=N–C) groups is 1. The molecule has 0 radical (unpaired) electrons. The highest BCUT2D eigenvalue weighted by atomic mass is 127. The number of guanidine groups is 1. The van der Waals surface area contributed by atoms with Gasteiger partial charge in [-0.15, -0.1) is 24.0 Å². The number of carbonyl (C=O) groups is 1. The van der Waals surface area contributed by atoms with E-state index in [0.717, 1.165) is 44.2 Å². The quantitative estimate of drug-likeness (QED) is 0.372. The molecular formula is C21H34IN5O. The fourth-order valence-corrected chi connectivity index (χ4v) is 3.94. The normalized spacial score (nSPS) is 22.2. The smallest absolute Gasteiger partial charge is 0.248 e. The van der Waals surface area contributed by atoms with Crippen LogP contribution in [-0.2, 0) is 11.2 Å². The number of hydrogen-bond acceptors (Lipinski definition) is 3. The van der Waals surface area contributed by atoms with Gasteiger partial charge in [-0.3, -0.25) is 9.69 Å². The van der Waals surface area contributed by atoms with E-state index >= 15 is 0 Å². The summed E-state index contributed by atoms with van der Waals surface area (Å²) in [6.07, 6.45) is 0.925. The summed E-state index contributed by atoms with van der Waals surface area (Å²) in [5.74, 6) is 1.35. The standard InChI is InChI=1S/C21H33N5O.HI/c1-5-22-21(24-18-14-25(15(2)3)13-16(18)4)23-12-20(27)26-11-10-17-8-6-7-9-19(17)26;/h6-9,15-16,18H,5,10-14H2,1-4H3,(H2,22,23,24);1H. The lowest BCUT2D eigenvalue weighted by atomic mass is 10.1. The van der Waals surface area contributed by atoms with E-state index in [1.807, 2.05) is 30.0 Å². The Bertz CT molecular complexity index is 693. The van der Waals surface area contributed by atoms with E-state index in [1.165, 1.54) is 5.56 Å². The van der Waals surface area contributed by atoms with Crippen LogP contribution >= 0.6 is 24.0 Å². The molecule has 2 atom stereocenters. The third-order valence-corrected chi connectivity index (χ3v) is 5.60. The summed E-state index contributed by atoms with van der Waals surface area (Å²) in [5.41, 5.74) is 2.28. The molecule has 28 heavy (non-hydrogen) atoms. The Morgan fingerprint density at radius 1 is 1.29 bits per heavy atom. The first-order valence-electron chi connectivity index (χ1n) is 10.2. The average Bonchev–Trinajstić information content (AvgIpc) is 3.24. The molecule has 2 N–H and O–H groups in total. The molecule has 6 nitrogen and oxygen atoms in total. The van der Waals surface area contributed by atoms with Crippen molar-refractivity contribution < 1.29 is 4.79 Å². The van der Waals surface area contributed by atoms with Gasteiger partial charge in [0, 0.05) is 44.0 Å². The zero-order valence-electron chi connectivity index (χ0n) is 17.4. The van der Waals surface area contributed by atoms with Crippen molar-refractivity contribution in [2.75, 3.05) is 37.6 Å². The maximum absolute atomic E-state index is 12.7. The number of nitrogens with zero attached hydrogens (tertiary/aromatic N) is 3. The largest absolute Gasteiger partial charge is 0.357 e. The van der Waals surface area contributed by atoms with Gasteiger partial charge in [0.2, 0.25) is 5.91 Å². The van der Waals surface area contributed by atoms with Gasteiger partial charge in [-0.05, 0) is 44.7 Å². The molecular weight excluding hydrogens is 465 g/mol. The van der Waals surface area contributed by atoms with Crippen molar-refractivity contribution in [3.05, 3.63) is 29.8 Å². The molecule has 0 aromatic heterocycles. The van der Waals surface area contributed by atoms with Crippen LogP contribution in [0.15, 0.2) is 29.3 Å². The molecule has 7 heteroatoms. The Balaban J connectivity index is 0.00000280. The van der Waals surface area contributed by atoms with E-state index in [0.29, 0.717) is 18.0 Å². The van der Waals surface area contributed by atoms with Crippen molar-refractivity contribution in [3.8, 4) is 0 Å². The number of anilines is 1. The van der Waals surface area contributed by atoms with Gasteiger partial charge in [-0.1, -0.05) is 25.1 Å². The predicted molar refractivity (Wildman–Crippen MR) is 127 cm³/mol. The van der Waals surface area contributed by atoms with Crippen LogP contribution in [-0.4, -0.2) is 61.6 Å². The Morgan fingerprint density at radius 2 is 2.04 bits per heavy atom. The van der Waals surface area contributed by atoms with Crippen LogP contribution < -0.4 is 15.5 Å². The second kappa shape index (κ2) is 10.4. The van der Waals surface area contributed by atoms with Gasteiger partial charge < -0.3 is 15.5 Å². The minimum absolute atomic E-state index is 0. The monoisotopic (exact) mass is 499 g/mol. The molecule has 0 saturated carbocycles. The molecule has 0 spiro atoms. The minimum Gasteiger partial charge on any atom is -0.357 e. The molecule has 2 aliphatic heterocycles. The topological polar surface area (TPSA) is 60.0 Å². The highest BCUT2D eigenvalue weighted by Gasteiger charge is 2.31. The molecule has 156 valence electrons. The summed E-state index contributed by atoms with van der Waals surface area (Å²) in [6, 6.07) is 9.04. The van der Waals surface area contributed by atoms with Crippen LogP contribution in [0.5, 0.6) is 0 Å². The van der Waals surface area contributed by atoms with Crippen molar-refractivity contribution in [1.82, 2.24) is 15.5 Å². The van der Waals surface area contributed by atoms with Crippen molar-refractivity contribution in [1.29, 1.82) is 0 Å². The highest BCUT2D eigenvalue weighted by molar-refractivity contribution is 14.0. The summed E-state index contributed by atoms with van der Waals surface area (Å²) in [6.45, 7) is 12.6. The summed E-state index contributed by atoms with van der Waals surface area (Å²) >= 11 is 0. The molecule has 1 fully saturated rings. The Labute approximate surface area is 186 Å². The predicted octanol–water partition coefficient (Wildman–Crippen LogP) is 2.48. The van der Waals surface area contributed by atoms with Gasteiger partial charge in [0.25, 0.3) is 0 Å². The summed E-state index contributed by atoms with van der Waals surface area (Å²) in [5, 5.41) is 6.83. The van der Waals surface area contributed by atoms with E-state index in [1.54, 1.807) is 0 Å². The average molecular weight is 499 g/mol. The lowest BCUT2D eigenvalue weighted by molar-refractivity contribution is -0.117. The van der Waals surface area contributed by atoms with E-state index in [9.17, 15) is 4.79 Å². The second-order valence-corrected chi connectivity index (χ2v) is 7.90. The van der Waals surface area contributed by atoms with Crippen LogP contribution in [0, 0.1) is 5.92 Å². The van der Waals surface area contributed by atoms with Gasteiger partial charge in [0.1, 0.15) is 6.54 Å². The number of hydrogen-bond donors (Lipinski definition) is 2. The Hall–Kier alpha value is -1.35. The number of likely N-dealkylation sites (tertiary alicyclic amines) is 1. The van der Waals surface area contributed by atoms with Gasteiger partial charge >= 0.3 is 0 Å². The minimum atomic E-state index is 0. The zero-order chi connectivity index (χ0) is 19.4. The lowest BCUT2D eigenvalue weighted by Crippen LogP contribution is -2.47. The molecule has 2 aliphatic rings. The molecule has 1 aromatic carbocycles. The molecule has 1 saturated heterocycles. The van der Waals surface area contributed by atoms with Gasteiger partial charge in [0.15, 0.2) is 5.96 Å². The molecule has 2 unspecified atom stereocenters. The van der Waals surface area contributed by atoms with Crippen molar-refractivity contribution in [2.45, 2.75) is 46.2 Å². The van der Waals surface area contributed by atoms with Gasteiger partial charge in [-0.25, -0.2) is 4.99 Å². The number of fused-ring (bicyclic) bond motifs is 1. The third kappa shape index (κ3) is 5.37. The second-order valence-electron chi connectivity index (χ2n) is 7.90. The third-order valence-electron chi connectivity index (χ3n) is 5.60. The number of rotatable bonds is 5. The Morgan fingerprint density at radius 3 is 2.71 bits per heavy atom. The first-order valence-corrected chi connectivity index (χ1v) is 10.2. The first kappa shape index (κ1) is 22.9. The summed E-state index contributed by atoms with van der Waals surface area (Å²) < 4.78 is 0. The summed E-state index contributed by atoms with van der Waals surface area (Å²) in [7, 11) is 0. The zero-order valence-corrected chi connectivity index (χ0v) is 19.8. The van der Waals surface area contributed by atoms with Crippen molar-refractivity contribution in [3.63, 3.8) is 0 Å². The van der Waals surface area contributed by atoms with Crippen LogP contribution in [0.25, 0.3) is 0 Å². The van der Waals surface area contributed by atoms with E-state index < -0.39 is 0 Å². The van der Waals surface area contributed by atoms with E-state index in [2.05, 4.69) is 47.4 Å². The van der Waals surface area contributed by atoms with Crippen LogP contribution in [0.4, 0.5) is 5.69 Å². The maximum Gasteiger partial charge on any atom is 0.248 e. The maximum atomic E-state index is 12.7. The fraction of sp³-hybridized carbons (Fsp3) is 0.619. The lowest BCUT2D eigenvalue weighted by Gasteiger charge is -2.22. The fourth-order valence-electron chi connectivity index (χ4n) is 3.94. The SMILES string of the molecule is CCNC(=NCC(=O)N1CCc2ccccc21)NC1CN(C(C)C)CC1C.I. The Kier molecular flexibility index (Phi) is 8.55. The molecule has 1 amide bonds. The number of halogens is 1. The first-order chi connectivity index (χ1) is 13.0. The van der Waals surface area contributed by atoms with Crippen LogP contribution in [0.1, 0.15) is 33.3 Å². The van der Waals surface area contributed by atoms with Crippen molar-refractivity contribution >= 4 is 41.5 Å². The molecule has 0 aliphatic carbocycles. The molecule has 1 aromatic rings. The van der Waals surface area contributed by atoms with Gasteiger partial charge in [-0.2, -0.15) is 0 Å². The van der Waals surface area contributed by atoms with E-state index in [4.69, 9.17) is 0 Å². The molecule has 3 rings (SSSR count). The molecule has 2 heterocycles. The number of carbonyl (C=O) groups excluding carboxylic acids is 1. The van der Waals surface area contributed by atoms with Crippen LogP contribution in [0.2, 0.25) is 0 Å². The number of para-hydroxylation sites is 1. The van der Waals surface area contributed by atoms with E-state index in [-0.39, 0.29) is 36.4 Å². The van der Waals surface area contributed by atoms with Crippen LogP contribution in [0.3, 0.4) is 0 Å². The van der Waals surface area contributed by atoms with Gasteiger partial charge in [0.05, 0.1) is 0 Å². The number of amides is 1. The highest BCUT2D eigenvalue weighted by Crippen LogP contribution is 2.27. The van der Waals surface area contributed by atoms with Crippen molar-refractivity contribution in [2.24, 2.45) is 10.9 Å². The molecule has 0 bridgehead atoms.